The molecule has 2 N–H and O–H groups in total. The van der Waals surface area contributed by atoms with E-state index in [4.69, 9.17) is 4.74 Å². The summed E-state index contributed by atoms with van der Waals surface area (Å²) in [5, 5.41) is 11.7. The van der Waals surface area contributed by atoms with Crippen molar-refractivity contribution in [1.29, 1.82) is 0 Å². The molecule has 0 radical (unpaired) electrons. The van der Waals surface area contributed by atoms with Gasteiger partial charge in [-0.25, -0.2) is 0 Å². The summed E-state index contributed by atoms with van der Waals surface area (Å²) in [5.41, 5.74) is 1.69. The zero-order valence-electron chi connectivity index (χ0n) is 16.5. The molecule has 0 aromatic heterocycles. The summed E-state index contributed by atoms with van der Waals surface area (Å²) >= 11 is 0.855. The van der Waals surface area contributed by atoms with Gasteiger partial charge in [0.1, 0.15) is 11.5 Å². The first-order chi connectivity index (χ1) is 14.5. The Bertz CT molecular complexity index is 972. The minimum absolute atomic E-state index is 0.0268. The molecule has 8 heteroatoms. The fourth-order valence-electron chi connectivity index (χ4n) is 2.93. The summed E-state index contributed by atoms with van der Waals surface area (Å²) < 4.78 is 5.27. The van der Waals surface area contributed by atoms with E-state index in [1.807, 2.05) is 12.1 Å². The van der Waals surface area contributed by atoms with E-state index in [-0.39, 0.29) is 24.6 Å². The van der Waals surface area contributed by atoms with Gasteiger partial charge in [0.15, 0.2) is 0 Å². The molecule has 1 fully saturated rings. The number of phenolic OH excluding ortho intramolecular Hbond substituents is 1. The van der Waals surface area contributed by atoms with Crippen LogP contribution in [0.3, 0.4) is 0 Å². The maximum absolute atomic E-state index is 12.6. The molecule has 0 atom stereocenters. The second kappa shape index (κ2) is 9.98. The molecule has 30 heavy (non-hydrogen) atoms. The van der Waals surface area contributed by atoms with Gasteiger partial charge in [0.25, 0.3) is 11.1 Å². The normalized spacial score (nSPS) is 15.0. The molecule has 0 bridgehead atoms. The topological polar surface area (TPSA) is 95.9 Å². The molecule has 0 saturated carbocycles. The molecule has 3 rings (SSSR count). The monoisotopic (exact) mass is 426 g/mol. The maximum Gasteiger partial charge on any atom is 0.293 e. The van der Waals surface area contributed by atoms with Crippen LogP contribution in [0.1, 0.15) is 17.5 Å². The number of hydrogen-bond acceptors (Lipinski definition) is 6. The first-order valence-corrected chi connectivity index (χ1v) is 10.2. The molecule has 1 aliphatic rings. The van der Waals surface area contributed by atoms with Gasteiger partial charge in [-0.2, -0.15) is 0 Å². The minimum Gasteiger partial charge on any atom is -0.508 e. The third-order valence-electron chi connectivity index (χ3n) is 4.53. The van der Waals surface area contributed by atoms with Crippen LogP contribution in [0.15, 0.2) is 53.4 Å². The van der Waals surface area contributed by atoms with Crippen molar-refractivity contribution in [3.63, 3.8) is 0 Å². The van der Waals surface area contributed by atoms with Gasteiger partial charge in [-0.1, -0.05) is 30.3 Å². The molecule has 156 valence electrons. The molecule has 1 aliphatic heterocycles. The van der Waals surface area contributed by atoms with Crippen LogP contribution in [0.4, 0.5) is 4.79 Å². The number of methoxy groups -OCH3 is 1. The summed E-state index contributed by atoms with van der Waals surface area (Å²) in [6.45, 7) is 0.457. The highest BCUT2D eigenvalue weighted by atomic mass is 32.2. The lowest BCUT2D eigenvalue weighted by atomic mass is 10.1. The Kier molecular flexibility index (Phi) is 7.13. The number of ether oxygens (including phenoxy) is 1. The summed E-state index contributed by atoms with van der Waals surface area (Å²) in [7, 11) is 1.54. The second-order valence-electron chi connectivity index (χ2n) is 6.59. The molecule has 3 amide bonds. The Morgan fingerprint density at radius 3 is 2.63 bits per heavy atom. The van der Waals surface area contributed by atoms with Crippen LogP contribution in [-0.4, -0.2) is 47.3 Å². The van der Waals surface area contributed by atoms with Gasteiger partial charge in [0.2, 0.25) is 5.91 Å². The van der Waals surface area contributed by atoms with Crippen LogP contribution in [0.25, 0.3) is 6.08 Å². The van der Waals surface area contributed by atoms with Crippen LogP contribution >= 0.6 is 11.8 Å². The number of amides is 3. The molecule has 7 nitrogen and oxygen atoms in total. The van der Waals surface area contributed by atoms with Crippen LogP contribution < -0.4 is 10.1 Å². The molecule has 2 aromatic rings. The van der Waals surface area contributed by atoms with Crippen molar-refractivity contribution in [1.82, 2.24) is 10.2 Å². The Balaban J connectivity index is 1.51. The summed E-state index contributed by atoms with van der Waals surface area (Å²) in [5.74, 6) is 0.159. The first-order valence-electron chi connectivity index (χ1n) is 9.41. The fraction of sp³-hybridized carbons (Fsp3) is 0.227. The van der Waals surface area contributed by atoms with E-state index in [2.05, 4.69) is 5.32 Å². The van der Waals surface area contributed by atoms with Crippen molar-refractivity contribution in [2.45, 2.75) is 12.8 Å². The number of nitrogens with zero attached hydrogens (tertiary/aromatic N) is 1. The van der Waals surface area contributed by atoms with Crippen molar-refractivity contribution in [2.24, 2.45) is 0 Å². The summed E-state index contributed by atoms with van der Waals surface area (Å²) in [4.78, 5) is 38.3. The lowest BCUT2D eigenvalue weighted by molar-refractivity contribution is -0.124. The Morgan fingerprint density at radius 1 is 1.17 bits per heavy atom. The van der Waals surface area contributed by atoms with Crippen LogP contribution in [0.2, 0.25) is 0 Å². The molecule has 1 heterocycles. The number of benzene rings is 2. The highest BCUT2D eigenvalue weighted by Gasteiger charge is 2.35. The SMILES string of the molecule is COc1ccccc1C=C1SC(=O)N(CCC(=O)NCCc2ccc(O)cc2)C1=O. The molecule has 1 saturated heterocycles. The number of imide groups is 1. The van der Waals surface area contributed by atoms with E-state index in [0.29, 0.717) is 29.2 Å². The quantitative estimate of drug-likeness (QED) is 0.630. The second-order valence-corrected chi connectivity index (χ2v) is 7.58. The smallest absolute Gasteiger partial charge is 0.293 e. The van der Waals surface area contributed by atoms with Crippen LogP contribution in [-0.2, 0) is 16.0 Å². The number of thioether (sulfide) groups is 1. The van der Waals surface area contributed by atoms with E-state index >= 15 is 0 Å². The van der Waals surface area contributed by atoms with E-state index in [1.165, 1.54) is 0 Å². The number of nitrogens with one attached hydrogen (secondary N) is 1. The molecular weight excluding hydrogens is 404 g/mol. The number of carbonyl (C=O) groups excluding carboxylic acids is 3. The molecule has 0 unspecified atom stereocenters. The highest BCUT2D eigenvalue weighted by Crippen LogP contribution is 2.33. The van der Waals surface area contributed by atoms with Crippen LogP contribution in [0.5, 0.6) is 11.5 Å². The zero-order valence-corrected chi connectivity index (χ0v) is 17.3. The number of para-hydroxylation sites is 1. The van der Waals surface area contributed by atoms with E-state index < -0.39 is 11.1 Å². The molecule has 2 aromatic carbocycles. The van der Waals surface area contributed by atoms with Gasteiger partial charge < -0.3 is 15.2 Å². The van der Waals surface area contributed by atoms with Gasteiger partial charge in [0.05, 0.1) is 12.0 Å². The molecule has 0 aliphatic carbocycles. The maximum atomic E-state index is 12.6. The average molecular weight is 426 g/mol. The van der Waals surface area contributed by atoms with E-state index in [9.17, 15) is 19.5 Å². The van der Waals surface area contributed by atoms with Gasteiger partial charge >= 0.3 is 0 Å². The van der Waals surface area contributed by atoms with E-state index in [0.717, 1.165) is 22.2 Å². The molecule has 0 spiro atoms. The van der Waals surface area contributed by atoms with Gasteiger partial charge in [0, 0.05) is 25.1 Å². The molecular formula is C22H22N2O5S. The number of carbonyl (C=O) groups is 3. The van der Waals surface area contributed by atoms with Crippen molar-refractivity contribution in [3.05, 3.63) is 64.6 Å². The van der Waals surface area contributed by atoms with Gasteiger partial charge in [-0.15, -0.1) is 0 Å². The highest BCUT2D eigenvalue weighted by molar-refractivity contribution is 8.18. The number of hydrogen-bond donors (Lipinski definition) is 2. The Labute approximate surface area is 178 Å². The number of phenols is 1. The number of aromatic hydroxyl groups is 1. The summed E-state index contributed by atoms with van der Waals surface area (Å²) in [6, 6.07) is 14.0. The predicted molar refractivity (Wildman–Crippen MR) is 115 cm³/mol. The third kappa shape index (κ3) is 5.42. The average Bonchev–Trinajstić information content (AvgIpc) is 3.01. The predicted octanol–water partition coefficient (Wildman–Crippen LogP) is 3.19. The standard InChI is InChI=1S/C22H22N2O5S/c1-29-18-5-3-2-4-16(18)14-19-21(27)24(22(28)30-19)13-11-20(26)23-12-10-15-6-8-17(25)9-7-15/h2-9,14,25H,10-13H2,1H3,(H,23,26). The number of rotatable bonds is 8. The van der Waals surface area contributed by atoms with E-state index in [1.54, 1.807) is 49.6 Å². The van der Waals surface area contributed by atoms with Crippen molar-refractivity contribution in [2.75, 3.05) is 20.2 Å². The Hall–Kier alpha value is -3.26. The van der Waals surface area contributed by atoms with Crippen molar-refractivity contribution < 1.29 is 24.2 Å². The summed E-state index contributed by atoms with van der Waals surface area (Å²) in [6.07, 6.45) is 2.28. The largest absolute Gasteiger partial charge is 0.508 e. The van der Waals surface area contributed by atoms with Crippen molar-refractivity contribution in [3.8, 4) is 11.5 Å². The van der Waals surface area contributed by atoms with Crippen molar-refractivity contribution >= 4 is 34.9 Å². The zero-order chi connectivity index (χ0) is 21.5. The lowest BCUT2D eigenvalue weighted by Crippen LogP contribution is -2.34. The van der Waals surface area contributed by atoms with Crippen LogP contribution in [0, 0.1) is 0 Å². The van der Waals surface area contributed by atoms with Gasteiger partial charge in [-0.3, -0.25) is 19.3 Å². The Morgan fingerprint density at radius 2 is 1.90 bits per heavy atom. The third-order valence-corrected chi connectivity index (χ3v) is 5.44. The fourth-order valence-corrected chi connectivity index (χ4v) is 3.79. The first kappa shape index (κ1) is 21.4. The van der Waals surface area contributed by atoms with Gasteiger partial charge in [-0.05, 0) is 48.0 Å². The lowest BCUT2D eigenvalue weighted by Gasteiger charge is -2.12. The minimum atomic E-state index is -0.409.